The molecule has 62 valence electrons. The van der Waals surface area contributed by atoms with Crippen molar-refractivity contribution in [2.45, 2.75) is 12.8 Å². The lowest BCUT2D eigenvalue weighted by Gasteiger charge is -2.01. The van der Waals surface area contributed by atoms with Crippen LogP contribution in [-0.2, 0) is 0 Å². The SMILES string of the molecule is COc1cnc(C(C)C#N)nc1. The monoisotopic (exact) mass is 163 g/mol. The van der Waals surface area contributed by atoms with Crippen molar-refractivity contribution in [1.82, 2.24) is 9.97 Å². The van der Waals surface area contributed by atoms with Crippen LogP contribution in [0.2, 0.25) is 0 Å². The first-order chi connectivity index (χ1) is 5.77. The molecule has 0 radical (unpaired) electrons. The van der Waals surface area contributed by atoms with E-state index in [0.717, 1.165) is 0 Å². The summed E-state index contributed by atoms with van der Waals surface area (Å²) in [7, 11) is 1.55. The predicted octanol–water partition coefficient (Wildman–Crippen LogP) is 1.11. The van der Waals surface area contributed by atoms with Crippen LogP contribution in [-0.4, -0.2) is 17.1 Å². The lowest BCUT2D eigenvalue weighted by molar-refractivity contribution is 0.410. The summed E-state index contributed by atoms with van der Waals surface area (Å²) in [5.74, 6) is 0.859. The standard InChI is InChI=1S/C8H9N3O/c1-6(3-9)8-10-4-7(12-2)5-11-8/h4-6H,1-2H3. The van der Waals surface area contributed by atoms with Gasteiger partial charge in [-0.05, 0) is 6.92 Å². The summed E-state index contributed by atoms with van der Waals surface area (Å²) >= 11 is 0. The molecular weight excluding hydrogens is 154 g/mol. The number of hydrogen-bond donors (Lipinski definition) is 0. The largest absolute Gasteiger partial charge is 0.494 e. The van der Waals surface area contributed by atoms with E-state index in [2.05, 4.69) is 16.0 Å². The zero-order valence-electron chi connectivity index (χ0n) is 6.98. The third-order valence-electron chi connectivity index (χ3n) is 1.46. The summed E-state index contributed by atoms with van der Waals surface area (Å²) < 4.78 is 4.87. The first kappa shape index (κ1) is 8.47. The van der Waals surface area contributed by atoms with Crippen LogP contribution in [0.5, 0.6) is 5.75 Å². The van der Waals surface area contributed by atoms with Gasteiger partial charge in [0.25, 0.3) is 0 Å². The van der Waals surface area contributed by atoms with Crippen molar-refractivity contribution in [3.63, 3.8) is 0 Å². The number of rotatable bonds is 2. The molecule has 0 saturated carbocycles. The van der Waals surface area contributed by atoms with Gasteiger partial charge in [0.1, 0.15) is 11.7 Å². The average molecular weight is 163 g/mol. The maximum atomic E-state index is 8.55. The number of ether oxygens (including phenoxy) is 1. The van der Waals surface area contributed by atoms with E-state index in [1.165, 1.54) is 0 Å². The van der Waals surface area contributed by atoms with E-state index in [1.54, 1.807) is 26.4 Å². The van der Waals surface area contributed by atoms with Gasteiger partial charge >= 0.3 is 0 Å². The fraction of sp³-hybridized carbons (Fsp3) is 0.375. The highest BCUT2D eigenvalue weighted by Gasteiger charge is 2.05. The van der Waals surface area contributed by atoms with Crippen molar-refractivity contribution in [3.05, 3.63) is 18.2 Å². The summed E-state index contributed by atoms with van der Waals surface area (Å²) in [6.45, 7) is 1.75. The molecule has 0 aliphatic carbocycles. The Balaban J connectivity index is 2.86. The van der Waals surface area contributed by atoms with Crippen molar-refractivity contribution in [2.75, 3.05) is 7.11 Å². The Kier molecular flexibility index (Phi) is 2.59. The van der Waals surface area contributed by atoms with Crippen molar-refractivity contribution >= 4 is 0 Å². The number of methoxy groups -OCH3 is 1. The van der Waals surface area contributed by atoms with Crippen LogP contribution in [0.4, 0.5) is 0 Å². The molecule has 1 unspecified atom stereocenters. The van der Waals surface area contributed by atoms with Gasteiger partial charge in [-0.3, -0.25) is 0 Å². The van der Waals surface area contributed by atoms with Crippen LogP contribution in [0.1, 0.15) is 18.7 Å². The molecule has 1 rings (SSSR count). The molecule has 4 heteroatoms. The summed E-state index contributed by atoms with van der Waals surface area (Å²) in [5.41, 5.74) is 0. The fourth-order valence-corrected chi connectivity index (χ4v) is 0.713. The zero-order chi connectivity index (χ0) is 8.97. The van der Waals surface area contributed by atoms with Gasteiger partial charge in [-0.1, -0.05) is 0 Å². The smallest absolute Gasteiger partial charge is 0.155 e. The quantitative estimate of drug-likeness (QED) is 0.655. The van der Waals surface area contributed by atoms with Crippen molar-refractivity contribution in [2.24, 2.45) is 0 Å². The second kappa shape index (κ2) is 3.67. The molecule has 1 aromatic rings. The van der Waals surface area contributed by atoms with Gasteiger partial charge in [0.05, 0.1) is 25.6 Å². The minimum Gasteiger partial charge on any atom is -0.494 e. The highest BCUT2D eigenvalue weighted by Crippen LogP contribution is 2.10. The summed E-state index contributed by atoms with van der Waals surface area (Å²) in [5, 5.41) is 8.55. The molecule has 1 atom stereocenters. The predicted molar refractivity (Wildman–Crippen MR) is 42.6 cm³/mol. The van der Waals surface area contributed by atoms with Crippen LogP contribution >= 0.6 is 0 Å². The molecule has 4 nitrogen and oxygen atoms in total. The Labute approximate surface area is 70.8 Å². The highest BCUT2D eigenvalue weighted by molar-refractivity contribution is 5.15. The van der Waals surface area contributed by atoms with Gasteiger partial charge < -0.3 is 4.74 Å². The van der Waals surface area contributed by atoms with Crippen molar-refractivity contribution in [1.29, 1.82) is 5.26 Å². The van der Waals surface area contributed by atoms with Crippen LogP contribution in [0, 0.1) is 11.3 Å². The second-order valence-corrected chi connectivity index (χ2v) is 2.33. The molecule has 1 aromatic heterocycles. The van der Waals surface area contributed by atoms with E-state index < -0.39 is 0 Å². The Bertz CT molecular complexity index is 288. The molecule has 0 aromatic carbocycles. The number of hydrogen-bond acceptors (Lipinski definition) is 4. The fourth-order valence-electron chi connectivity index (χ4n) is 0.713. The molecule has 0 N–H and O–H groups in total. The maximum absolute atomic E-state index is 8.55. The molecular formula is C8H9N3O. The number of aromatic nitrogens is 2. The Morgan fingerprint density at radius 3 is 2.50 bits per heavy atom. The van der Waals surface area contributed by atoms with E-state index in [1.807, 2.05) is 0 Å². The van der Waals surface area contributed by atoms with Crippen LogP contribution in [0.3, 0.4) is 0 Å². The third-order valence-corrected chi connectivity index (χ3v) is 1.46. The van der Waals surface area contributed by atoms with E-state index in [4.69, 9.17) is 10.00 Å². The highest BCUT2D eigenvalue weighted by atomic mass is 16.5. The maximum Gasteiger partial charge on any atom is 0.155 e. The van der Waals surface area contributed by atoms with Gasteiger partial charge in [-0.25, -0.2) is 9.97 Å². The normalized spacial score (nSPS) is 11.8. The third kappa shape index (κ3) is 1.70. The summed E-state index contributed by atoms with van der Waals surface area (Å²) in [6.07, 6.45) is 3.10. The Morgan fingerprint density at radius 2 is 2.08 bits per heavy atom. The van der Waals surface area contributed by atoms with Crippen LogP contribution in [0.25, 0.3) is 0 Å². The van der Waals surface area contributed by atoms with Gasteiger partial charge in [0.2, 0.25) is 0 Å². The lowest BCUT2D eigenvalue weighted by Crippen LogP contribution is -1.98. The van der Waals surface area contributed by atoms with Gasteiger partial charge in [0.15, 0.2) is 5.75 Å². The minimum absolute atomic E-state index is 0.268. The van der Waals surface area contributed by atoms with Crippen LogP contribution in [0.15, 0.2) is 12.4 Å². The average Bonchev–Trinajstić information content (AvgIpc) is 2.17. The minimum atomic E-state index is -0.268. The number of nitrogens with zero attached hydrogens (tertiary/aromatic N) is 3. The van der Waals surface area contributed by atoms with Gasteiger partial charge in [0, 0.05) is 0 Å². The van der Waals surface area contributed by atoms with E-state index in [0.29, 0.717) is 11.6 Å². The number of nitriles is 1. The molecule has 1 heterocycles. The zero-order valence-corrected chi connectivity index (χ0v) is 6.98. The molecule has 0 bridgehead atoms. The molecule has 0 saturated heterocycles. The van der Waals surface area contributed by atoms with Gasteiger partial charge in [-0.15, -0.1) is 0 Å². The molecule has 0 amide bonds. The molecule has 0 aliphatic rings. The Hall–Kier alpha value is -1.63. The topological polar surface area (TPSA) is 58.8 Å². The first-order valence-corrected chi connectivity index (χ1v) is 3.53. The molecule has 0 fully saturated rings. The molecule has 0 spiro atoms. The lowest BCUT2D eigenvalue weighted by atomic mass is 10.2. The van der Waals surface area contributed by atoms with Crippen molar-refractivity contribution < 1.29 is 4.74 Å². The first-order valence-electron chi connectivity index (χ1n) is 3.53. The van der Waals surface area contributed by atoms with Gasteiger partial charge in [-0.2, -0.15) is 5.26 Å². The summed E-state index contributed by atoms with van der Waals surface area (Å²) in [6, 6.07) is 2.05. The second-order valence-electron chi connectivity index (χ2n) is 2.33. The summed E-state index contributed by atoms with van der Waals surface area (Å²) in [4.78, 5) is 7.92. The van der Waals surface area contributed by atoms with E-state index in [-0.39, 0.29) is 5.92 Å². The molecule has 0 aliphatic heterocycles. The Morgan fingerprint density at radius 1 is 1.50 bits per heavy atom. The van der Waals surface area contributed by atoms with E-state index in [9.17, 15) is 0 Å². The van der Waals surface area contributed by atoms with Crippen molar-refractivity contribution in [3.8, 4) is 11.8 Å². The molecule has 12 heavy (non-hydrogen) atoms. The van der Waals surface area contributed by atoms with Crippen LogP contribution < -0.4 is 4.74 Å². The van der Waals surface area contributed by atoms with E-state index >= 15 is 0 Å².